The van der Waals surface area contributed by atoms with Gasteiger partial charge in [0.1, 0.15) is 10.4 Å². The second-order valence-corrected chi connectivity index (χ2v) is 3.51. The highest BCUT2D eigenvalue weighted by atomic mass is 79.9. The first-order valence-corrected chi connectivity index (χ1v) is 4.36. The molecule has 0 amide bonds. The predicted molar refractivity (Wildman–Crippen MR) is 46.9 cm³/mol. The molecule has 0 atom stereocenters. The van der Waals surface area contributed by atoms with Crippen LogP contribution in [0.3, 0.4) is 0 Å². The molecule has 0 unspecified atom stereocenters. The maximum atomic E-state index is 4.15. The number of nitrogens with zero attached hydrogens (tertiary/aromatic N) is 2. The van der Waals surface area contributed by atoms with Crippen molar-refractivity contribution < 1.29 is 0 Å². The summed E-state index contributed by atoms with van der Waals surface area (Å²) in [6.07, 6.45) is 0. The van der Waals surface area contributed by atoms with E-state index in [1.165, 1.54) is 0 Å². The van der Waals surface area contributed by atoms with Crippen LogP contribution in [0.5, 0.6) is 0 Å². The van der Waals surface area contributed by atoms with Crippen LogP contribution in [0.2, 0.25) is 0 Å². The lowest BCUT2D eigenvalue weighted by Crippen LogP contribution is -1.92. The molecule has 0 aliphatic carbocycles. The Balaban J connectivity index is 3.31. The zero-order valence-corrected chi connectivity index (χ0v) is 8.82. The molecule has 0 aliphatic rings. The fourth-order valence-corrected chi connectivity index (χ4v) is 1.38. The van der Waals surface area contributed by atoms with Gasteiger partial charge < -0.3 is 0 Å². The maximum Gasteiger partial charge on any atom is 0.126 e. The molecule has 1 heterocycles. The van der Waals surface area contributed by atoms with Gasteiger partial charge in [-0.15, -0.1) is 0 Å². The molecule has 0 aromatic carbocycles. The molecule has 54 valence electrons. The third-order valence-electron chi connectivity index (χ3n) is 1.09. The Labute approximate surface area is 76.3 Å². The third kappa shape index (κ3) is 1.55. The van der Waals surface area contributed by atoms with E-state index in [1.807, 2.05) is 13.8 Å². The summed E-state index contributed by atoms with van der Waals surface area (Å²) < 4.78 is 1.75. The molecule has 0 aliphatic heterocycles. The minimum atomic E-state index is 0.785. The van der Waals surface area contributed by atoms with Crippen molar-refractivity contribution in [1.82, 2.24) is 9.97 Å². The monoisotopic (exact) mass is 264 g/mol. The number of hydrogen-bond acceptors (Lipinski definition) is 2. The lowest BCUT2D eigenvalue weighted by molar-refractivity contribution is 0.980. The molecule has 0 spiro atoms. The van der Waals surface area contributed by atoms with Gasteiger partial charge in [0.15, 0.2) is 0 Å². The van der Waals surface area contributed by atoms with Crippen molar-refractivity contribution in [3.63, 3.8) is 0 Å². The summed E-state index contributed by atoms with van der Waals surface area (Å²) in [7, 11) is 0. The van der Waals surface area contributed by atoms with Crippen LogP contribution in [-0.4, -0.2) is 9.97 Å². The quantitative estimate of drug-likeness (QED) is 0.674. The summed E-state index contributed by atoms with van der Waals surface area (Å²) in [5.74, 6) is 0.785. The molecule has 2 nitrogen and oxygen atoms in total. The van der Waals surface area contributed by atoms with Gasteiger partial charge in [0.25, 0.3) is 0 Å². The third-order valence-corrected chi connectivity index (χ3v) is 3.14. The van der Waals surface area contributed by atoms with Crippen LogP contribution >= 0.6 is 31.9 Å². The lowest BCUT2D eigenvalue weighted by Gasteiger charge is -1.99. The molecule has 1 rings (SSSR count). The Morgan fingerprint density at radius 3 is 2.20 bits per heavy atom. The Morgan fingerprint density at radius 1 is 1.10 bits per heavy atom. The molecule has 4 heteroatoms. The Kier molecular flexibility index (Phi) is 2.41. The van der Waals surface area contributed by atoms with Crippen molar-refractivity contribution in [2.24, 2.45) is 0 Å². The van der Waals surface area contributed by atoms with Crippen LogP contribution in [0.15, 0.2) is 9.08 Å². The maximum absolute atomic E-state index is 4.15. The lowest BCUT2D eigenvalue weighted by atomic mass is 10.4. The molecule has 1 aromatic heterocycles. The van der Waals surface area contributed by atoms with Crippen molar-refractivity contribution in [2.45, 2.75) is 13.8 Å². The summed E-state index contributed by atoms with van der Waals surface area (Å²) >= 11 is 6.64. The smallest absolute Gasteiger partial charge is 0.126 e. The molecular formula is C6H6Br2N2. The van der Waals surface area contributed by atoms with E-state index in [1.54, 1.807) is 0 Å². The van der Waals surface area contributed by atoms with Gasteiger partial charge in [-0.3, -0.25) is 0 Å². The van der Waals surface area contributed by atoms with Gasteiger partial charge >= 0.3 is 0 Å². The predicted octanol–water partition coefficient (Wildman–Crippen LogP) is 2.62. The van der Waals surface area contributed by atoms with E-state index in [4.69, 9.17) is 0 Å². The zero-order chi connectivity index (χ0) is 7.72. The zero-order valence-electron chi connectivity index (χ0n) is 5.65. The minimum Gasteiger partial charge on any atom is -0.237 e. The summed E-state index contributed by atoms with van der Waals surface area (Å²) in [6.45, 7) is 3.80. The van der Waals surface area contributed by atoms with E-state index < -0.39 is 0 Å². The standard InChI is InChI=1S/C6H6Br2N2/c1-3-5(7)6(8)10-4(2)9-3/h1-2H3. The first-order valence-electron chi connectivity index (χ1n) is 2.77. The Morgan fingerprint density at radius 2 is 1.70 bits per heavy atom. The van der Waals surface area contributed by atoms with Gasteiger partial charge in [0, 0.05) is 0 Å². The topological polar surface area (TPSA) is 25.8 Å². The van der Waals surface area contributed by atoms with Crippen LogP contribution < -0.4 is 0 Å². The molecule has 10 heavy (non-hydrogen) atoms. The number of halogens is 2. The van der Waals surface area contributed by atoms with Crippen molar-refractivity contribution >= 4 is 31.9 Å². The van der Waals surface area contributed by atoms with Gasteiger partial charge in [0.2, 0.25) is 0 Å². The molecule has 0 bridgehead atoms. The van der Waals surface area contributed by atoms with Crippen molar-refractivity contribution in [3.05, 3.63) is 20.6 Å². The summed E-state index contributed by atoms with van der Waals surface area (Å²) in [5, 5.41) is 0. The molecule has 0 saturated heterocycles. The molecule has 0 saturated carbocycles. The van der Waals surface area contributed by atoms with Crippen molar-refractivity contribution in [1.29, 1.82) is 0 Å². The van der Waals surface area contributed by atoms with Crippen LogP contribution in [0.25, 0.3) is 0 Å². The highest BCUT2D eigenvalue weighted by Crippen LogP contribution is 2.22. The Bertz CT molecular complexity index is 237. The van der Waals surface area contributed by atoms with E-state index in [2.05, 4.69) is 41.8 Å². The number of aromatic nitrogens is 2. The fraction of sp³-hybridized carbons (Fsp3) is 0.333. The molecule has 0 N–H and O–H groups in total. The summed E-state index contributed by atoms with van der Waals surface area (Å²) in [5.41, 5.74) is 0.958. The first kappa shape index (κ1) is 8.14. The average molecular weight is 266 g/mol. The Hall–Kier alpha value is 0.0400. The fourth-order valence-electron chi connectivity index (χ4n) is 0.657. The van der Waals surface area contributed by atoms with Gasteiger partial charge in [0.05, 0.1) is 10.2 Å². The largest absolute Gasteiger partial charge is 0.237 e. The highest BCUT2D eigenvalue weighted by molar-refractivity contribution is 9.13. The summed E-state index contributed by atoms with van der Waals surface area (Å²) in [4.78, 5) is 8.24. The first-order chi connectivity index (χ1) is 4.61. The van der Waals surface area contributed by atoms with Gasteiger partial charge in [-0.2, -0.15) is 0 Å². The SMILES string of the molecule is Cc1nc(C)c(Br)c(Br)n1. The van der Waals surface area contributed by atoms with Gasteiger partial charge in [-0.05, 0) is 45.7 Å². The second-order valence-electron chi connectivity index (χ2n) is 1.96. The van der Waals surface area contributed by atoms with Crippen LogP contribution in [0, 0.1) is 13.8 Å². The number of aryl methyl sites for hydroxylation is 2. The van der Waals surface area contributed by atoms with Crippen molar-refractivity contribution in [3.8, 4) is 0 Å². The normalized spacial score (nSPS) is 10.0. The van der Waals surface area contributed by atoms with E-state index in [0.29, 0.717) is 0 Å². The van der Waals surface area contributed by atoms with E-state index >= 15 is 0 Å². The summed E-state index contributed by atoms with van der Waals surface area (Å²) in [6, 6.07) is 0. The van der Waals surface area contributed by atoms with E-state index in [0.717, 1.165) is 20.6 Å². The van der Waals surface area contributed by atoms with Gasteiger partial charge in [-0.25, -0.2) is 9.97 Å². The van der Waals surface area contributed by atoms with Gasteiger partial charge in [-0.1, -0.05) is 0 Å². The molecule has 0 radical (unpaired) electrons. The van der Waals surface area contributed by atoms with Crippen LogP contribution in [0.4, 0.5) is 0 Å². The van der Waals surface area contributed by atoms with Crippen LogP contribution in [-0.2, 0) is 0 Å². The highest BCUT2D eigenvalue weighted by Gasteiger charge is 2.02. The minimum absolute atomic E-state index is 0.785. The van der Waals surface area contributed by atoms with Crippen molar-refractivity contribution in [2.75, 3.05) is 0 Å². The van der Waals surface area contributed by atoms with E-state index in [-0.39, 0.29) is 0 Å². The second kappa shape index (κ2) is 2.96. The average Bonchev–Trinajstić information content (AvgIpc) is 1.82. The number of rotatable bonds is 0. The number of hydrogen-bond donors (Lipinski definition) is 0. The molecular weight excluding hydrogens is 260 g/mol. The van der Waals surface area contributed by atoms with Crippen LogP contribution in [0.1, 0.15) is 11.5 Å². The molecule has 0 fully saturated rings. The van der Waals surface area contributed by atoms with E-state index in [9.17, 15) is 0 Å². The molecule has 1 aromatic rings.